The van der Waals surface area contributed by atoms with Crippen molar-refractivity contribution in [1.82, 2.24) is 0 Å². The Morgan fingerprint density at radius 3 is 2.75 bits per heavy atom. The van der Waals surface area contributed by atoms with Gasteiger partial charge >= 0.3 is 5.97 Å². The quantitative estimate of drug-likeness (QED) is 0.620. The van der Waals surface area contributed by atoms with Crippen molar-refractivity contribution in [1.29, 1.82) is 5.26 Å². The molecule has 0 radical (unpaired) electrons. The van der Waals surface area contributed by atoms with Crippen LogP contribution in [0.3, 0.4) is 0 Å². The lowest BCUT2D eigenvalue weighted by molar-refractivity contribution is -0.131. The van der Waals surface area contributed by atoms with Gasteiger partial charge in [0.1, 0.15) is 0 Å². The normalized spacial score (nSPS) is 10.8. The summed E-state index contributed by atoms with van der Waals surface area (Å²) in [5.41, 5.74) is 2.57. The number of nitrogens with zero attached hydrogens (tertiary/aromatic N) is 1. The lowest BCUT2D eigenvalue weighted by Gasteiger charge is -1.99. The smallest absolute Gasteiger partial charge is 0.328 e. The first-order valence-electron chi connectivity index (χ1n) is 4.72. The second-order valence-electron chi connectivity index (χ2n) is 3.24. The Kier molecular flexibility index (Phi) is 4.05. The molecule has 0 spiro atoms. The van der Waals surface area contributed by atoms with Gasteiger partial charge in [0.05, 0.1) is 11.6 Å². The van der Waals surface area contributed by atoms with E-state index in [2.05, 4.69) is 6.07 Å². The largest absolute Gasteiger partial charge is 0.478 e. The number of nitriles is 1. The molecular formula is C13H11NO2. The van der Waals surface area contributed by atoms with Crippen molar-refractivity contribution in [2.45, 2.75) is 6.92 Å². The Balaban J connectivity index is 2.83. The van der Waals surface area contributed by atoms with E-state index in [0.717, 1.165) is 17.2 Å². The van der Waals surface area contributed by atoms with Crippen molar-refractivity contribution in [3.63, 3.8) is 0 Å². The fourth-order valence-electron chi connectivity index (χ4n) is 1.23. The number of allylic oxidation sites excluding steroid dienone is 2. The van der Waals surface area contributed by atoms with Gasteiger partial charge in [0.15, 0.2) is 0 Å². The maximum absolute atomic E-state index is 10.2. The minimum Gasteiger partial charge on any atom is -0.478 e. The van der Waals surface area contributed by atoms with Crippen LogP contribution in [0.15, 0.2) is 36.4 Å². The van der Waals surface area contributed by atoms with Crippen LogP contribution in [0.4, 0.5) is 0 Å². The van der Waals surface area contributed by atoms with Gasteiger partial charge < -0.3 is 5.11 Å². The molecule has 1 aromatic rings. The summed E-state index contributed by atoms with van der Waals surface area (Å²) in [6.45, 7) is 1.90. The summed E-state index contributed by atoms with van der Waals surface area (Å²) in [4.78, 5) is 10.2. The van der Waals surface area contributed by atoms with Crippen LogP contribution < -0.4 is 0 Å². The molecule has 0 saturated carbocycles. The first kappa shape index (κ1) is 11.7. The molecule has 1 N–H and O–H groups in total. The van der Waals surface area contributed by atoms with Crippen LogP contribution in [0, 0.1) is 18.3 Å². The standard InChI is InChI=1S/C13H11NO2/c1-10-8-11(9-14)6-7-12(10)4-2-3-5-13(15)16/h2-8H,1H3,(H,15,16). The Labute approximate surface area is 94.0 Å². The average Bonchev–Trinajstić information content (AvgIpc) is 2.25. The van der Waals surface area contributed by atoms with E-state index in [1.165, 1.54) is 6.08 Å². The number of aryl methyl sites for hydroxylation is 1. The van der Waals surface area contributed by atoms with Crippen LogP contribution in [-0.2, 0) is 4.79 Å². The SMILES string of the molecule is Cc1cc(C#N)ccc1C=CC=CC(=O)O. The molecule has 0 aliphatic heterocycles. The van der Waals surface area contributed by atoms with E-state index in [9.17, 15) is 4.79 Å². The molecule has 0 aliphatic carbocycles. The Bertz CT molecular complexity index is 493. The molecule has 3 nitrogen and oxygen atoms in total. The highest BCUT2D eigenvalue weighted by atomic mass is 16.4. The van der Waals surface area contributed by atoms with Gasteiger partial charge in [-0.15, -0.1) is 0 Å². The number of aliphatic carboxylic acids is 1. The second kappa shape index (κ2) is 5.52. The van der Waals surface area contributed by atoms with Crippen molar-refractivity contribution in [2.24, 2.45) is 0 Å². The summed E-state index contributed by atoms with van der Waals surface area (Å²) in [5, 5.41) is 17.1. The fourth-order valence-corrected chi connectivity index (χ4v) is 1.23. The molecule has 0 amide bonds. The number of carbonyl (C=O) groups is 1. The van der Waals surface area contributed by atoms with E-state index in [-0.39, 0.29) is 0 Å². The minimum atomic E-state index is -0.971. The van der Waals surface area contributed by atoms with Gasteiger partial charge in [-0.3, -0.25) is 0 Å². The Hall–Kier alpha value is -2.34. The summed E-state index contributed by atoms with van der Waals surface area (Å²) in [6, 6.07) is 7.42. The number of rotatable bonds is 3. The van der Waals surface area contributed by atoms with Crippen molar-refractivity contribution in [3.05, 3.63) is 53.1 Å². The molecule has 0 fully saturated rings. The fraction of sp³-hybridized carbons (Fsp3) is 0.0769. The van der Waals surface area contributed by atoms with Crippen LogP contribution in [0.25, 0.3) is 6.08 Å². The van der Waals surface area contributed by atoms with Crippen LogP contribution in [0.1, 0.15) is 16.7 Å². The number of carboxylic acid groups (broad SMARTS) is 1. The summed E-state index contributed by atoms with van der Waals surface area (Å²) in [5.74, 6) is -0.971. The molecule has 3 heteroatoms. The topological polar surface area (TPSA) is 61.1 Å². The maximum Gasteiger partial charge on any atom is 0.328 e. The van der Waals surface area contributed by atoms with Crippen molar-refractivity contribution in [2.75, 3.05) is 0 Å². The van der Waals surface area contributed by atoms with Gasteiger partial charge in [-0.2, -0.15) is 5.26 Å². The molecular weight excluding hydrogens is 202 g/mol. The molecule has 16 heavy (non-hydrogen) atoms. The molecule has 0 atom stereocenters. The molecule has 1 aromatic carbocycles. The molecule has 0 saturated heterocycles. The Morgan fingerprint density at radius 2 is 2.19 bits per heavy atom. The maximum atomic E-state index is 10.2. The predicted octanol–water partition coefficient (Wildman–Crippen LogP) is 2.52. The third kappa shape index (κ3) is 3.43. The molecule has 0 heterocycles. The monoisotopic (exact) mass is 213 g/mol. The number of hydrogen-bond acceptors (Lipinski definition) is 2. The van der Waals surface area contributed by atoms with Gasteiger partial charge in [-0.25, -0.2) is 4.79 Å². The molecule has 0 bridgehead atoms. The molecule has 0 aliphatic rings. The zero-order valence-electron chi connectivity index (χ0n) is 8.84. The first-order valence-corrected chi connectivity index (χ1v) is 4.72. The molecule has 1 rings (SSSR count). The minimum absolute atomic E-state index is 0.621. The van der Waals surface area contributed by atoms with E-state index in [1.807, 2.05) is 13.0 Å². The number of benzene rings is 1. The summed E-state index contributed by atoms with van der Waals surface area (Å²) in [6.07, 6.45) is 5.98. The van der Waals surface area contributed by atoms with Gasteiger partial charge in [-0.1, -0.05) is 24.3 Å². The highest BCUT2D eigenvalue weighted by Crippen LogP contribution is 2.12. The highest BCUT2D eigenvalue weighted by Gasteiger charge is 1.95. The van der Waals surface area contributed by atoms with Gasteiger partial charge in [0.2, 0.25) is 0 Å². The zero-order valence-corrected chi connectivity index (χ0v) is 8.84. The van der Waals surface area contributed by atoms with Gasteiger partial charge in [-0.05, 0) is 30.2 Å². The van der Waals surface area contributed by atoms with Crippen LogP contribution >= 0.6 is 0 Å². The van der Waals surface area contributed by atoms with E-state index >= 15 is 0 Å². The highest BCUT2D eigenvalue weighted by molar-refractivity contribution is 5.80. The second-order valence-corrected chi connectivity index (χ2v) is 3.24. The number of carboxylic acids is 1. The first-order chi connectivity index (χ1) is 7.63. The summed E-state index contributed by atoms with van der Waals surface area (Å²) in [7, 11) is 0. The zero-order chi connectivity index (χ0) is 12.0. The van der Waals surface area contributed by atoms with Crippen LogP contribution in [0.5, 0.6) is 0 Å². The van der Waals surface area contributed by atoms with Crippen LogP contribution in [-0.4, -0.2) is 11.1 Å². The van der Waals surface area contributed by atoms with Gasteiger partial charge in [0.25, 0.3) is 0 Å². The summed E-state index contributed by atoms with van der Waals surface area (Å²) < 4.78 is 0. The number of hydrogen-bond donors (Lipinski definition) is 1. The third-order valence-electron chi connectivity index (χ3n) is 2.02. The lowest BCUT2D eigenvalue weighted by Crippen LogP contribution is -1.84. The molecule has 0 unspecified atom stereocenters. The average molecular weight is 213 g/mol. The van der Waals surface area contributed by atoms with Crippen molar-refractivity contribution in [3.8, 4) is 6.07 Å². The van der Waals surface area contributed by atoms with E-state index in [1.54, 1.807) is 24.3 Å². The predicted molar refractivity (Wildman–Crippen MR) is 61.7 cm³/mol. The van der Waals surface area contributed by atoms with E-state index < -0.39 is 5.97 Å². The van der Waals surface area contributed by atoms with Crippen molar-refractivity contribution >= 4 is 12.0 Å². The Morgan fingerprint density at radius 1 is 1.44 bits per heavy atom. The van der Waals surface area contributed by atoms with E-state index in [0.29, 0.717) is 5.56 Å². The summed E-state index contributed by atoms with van der Waals surface area (Å²) >= 11 is 0. The van der Waals surface area contributed by atoms with Crippen LogP contribution in [0.2, 0.25) is 0 Å². The third-order valence-corrected chi connectivity index (χ3v) is 2.02. The van der Waals surface area contributed by atoms with E-state index in [4.69, 9.17) is 10.4 Å². The molecule has 0 aromatic heterocycles. The van der Waals surface area contributed by atoms with Crippen molar-refractivity contribution < 1.29 is 9.90 Å². The lowest BCUT2D eigenvalue weighted by atomic mass is 10.1. The molecule has 80 valence electrons. The van der Waals surface area contributed by atoms with Gasteiger partial charge in [0, 0.05) is 6.08 Å².